The molecule has 0 aromatic rings. The summed E-state index contributed by atoms with van der Waals surface area (Å²) >= 11 is 0. The monoisotopic (exact) mass is 583 g/mol. The summed E-state index contributed by atoms with van der Waals surface area (Å²) in [5.41, 5.74) is 0.893. The SMILES string of the molecule is CCCCCCCCCCCC(C1(C(C)(C)C)C=C(C(C)(C)C)C=CC1O)C1(C(C)(C)C)C=C(C(C)(C)C)C=CC1O. The summed E-state index contributed by atoms with van der Waals surface area (Å²) in [5, 5.41) is 24.4. The Morgan fingerprint density at radius 1 is 0.571 bits per heavy atom. The summed E-state index contributed by atoms with van der Waals surface area (Å²) in [5.74, 6) is 0.0316. The van der Waals surface area contributed by atoms with E-state index in [2.05, 4.69) is 126 Å². The first-order chi connectivity index (χ1) is 19.2. The highest BCUT2D eigenvalue weighted by Gasteiger charge is 2.63. The van der Waals surface area contributed by atoms with Crippen LogP contribution in [-0.4, -0.2) is 22.4 Å². The van der Waals surface area contributed by atoms with Gasteiger partial charge < -0.3 is 10.2 Å². The normalized spacial score (nSPS) is 28.1. The minimum atomic E-state index is -0.629. The van der Waals surface area contributed by atoms with Crippen molar-refractivity contribution >= 4 is 0 Å². The zero-order chi connectivity index (χ0) is 32.2. The molecular formula is C40H70O2. The Hall–Kier alpha value is -1.12. The van der Waals surface area contributed by atoms with Crippen molar-refractivity contribution in [3.8, 4) is 0 Å². The van der Waals surface area contributed by atoms with Gasteiger partial charge in [0.25, 0.3) is 0 Å². The fourth-order valence-corrected chi connectivity index (χ4v) is 7.93. The van der Waals surface area contributed by atoms with E-state index in [-0.39, 0.29) is 27.6 Å². The second-order valence-corrected chi connectivity index (χ2v) is 17.8. The zero-order valence-electron chi connectivity index (χ0n) is 30.2. The van der Waals surface area contributed by atoms with Crippen molar-refractivity contribution in [3.63, 3.8) is 0 Å². The number of aliphatic hydroxyl groups excluding tert-OH is 2. The largest absolute Gasteiger partial charge is 0.388 e. The van der Waals surface area contributed by atoms with Crippen LogP contribution >= 0.6 is 0 Å². The van der Waals surface area contributed by atoms with E-state index >= 15 is 0 Å². The summed E-state index contributed by atoms with van der Waals surface area (Å²) < 4.78 is 0. The van der Waals surface area contributed by atoms with E-state index in [1.54, 1.807) is 0 Å². The van der Waals surface area contributed by atoms with Gasteiger partial charge in [-0.1, -0.05) is 184 Å². The summed E-state index contributed by atoms with van der Waals surface area (Å²) in [6.45, 7) is 29.8. The van der Waals surface area contributed by atoms with Crippen LogP contribution in [0.5, 0.6) is 0 Å². The molecule has 2 N–H and O–H groups in total. The first-order valence-electron chi connectivity index (χ1n) is 17.4. The number of hydrogen-bond acceptors (Lipinski definition) is 2. The maximum absolute atomic E-state index is 12.2. The molecule has 0 saturated heterocycles. The number of rotatable bonds is 12. The van der Waals surface area contributed by atoms with Crippen LogP contribution in [0.4, 0.5) is 0 Å². The number of allylic oxidation sites excluding steroid dienone is 4. The van der Waals surface area contributed by atoms with Crippen LogP contribution in [0.1, 0.15) is 154 Å². The van der Waals surface area contributed by atoms with Gasteiger partial charge in [0.05, 0.1) is 12.2 Å². The molecule has 0 saturated carbocycles. The standard InChI is InChI=1S/C40H70O2/c1-14-15-16-17-18-19-20-21-22-23-32(39(37(8,9)10)28-30(35(2,3)4)24-26-33(39)41)40(38(11,12)13)29-31(36(5,6)7)25-27-34(40)42/h24-29,32-34,41-42H,14-23H2,1-13H3. The highest BCUT2D eigenvalue weighted by molar-refractivity contribution is 5.41. The van der Waals surface area contributed by atoms with Gasteiger partial charge in [-0.25, -0.2) is 0 Å². The third-order valence-electron chi connectivity index (χ3n) is 10.8. The number of hydrogen-bond donors (Lipinski definition) is 2. The van der Waals surface area contributed by atoms with Crippen LogP contribution in [0.25, 0.3) is 0 Å². The molecule has 0 aromatic carbocycles. The third-order valence-corrected chi connectivity index (χ3v) is 10.8. The molecule has 4 unspecified atom stereocenters. The molecule has 0 aromatic heterocycles. The summed E-state index contributed by atoms with van der Waals surface area (Å²) in [6, 6.07) is 0. The lowest BCUT2D eigenvalue weighted by Gasteiger charge is -2.63. The van der Waals surface area contributed by atoms with E-state index in [1.807, 2.05) is 0 Å². The fraction of sp³-hybridized carbons (Fsp3) is 0.800. The van der Waals surface area contributed by atoms with Gasteiger partial charge in [0, 0.05) is 10.8 Å². The molecule has 2 heteroatoms. The van der Waals surface area contributed by atoms with Crippen molar-refractivity contribution < 1.29 is 10.2 Å². The van der Waals surface area contributed by atoms with Crippen LogP contribution < -0.4 is 0 Å². The Bertz CT molecular complexity index is 911. The van der Waals surface area contributed by atoms with Crippen molar-refractivity contribution in [3.05, 3.63) is 47.6 Å². The van der Waals surface area contributed by atoms with E-state index in [1.165, 1.54) is 62.5 Å². The smallest absolute Gasteiger partial charge is 0.0822 e. The molecule has 4 atom stereocenters. The maximum atomic E-state index is 12.2. The summed E-state index contributed by atoms with van der Waals surface area (Å²) in [4.78, 5) is 0. The van der Waals surface area contributed by atoms with Crippen molar-refractivity contribution in [2.45, 2.75) is 166 Å². The minimum Gasteiger partial charge on any atom is -0.388 e. The van der Waals surface area contributed by atoms with Crippen LogP contribution in [-0.2, 0) is 0 Å². The van der Waals surface area contributed by atoms with Gasteiger partial charge in [0.1, 0.15) is 0 Å². The van der Waals surface area contributed by atoms with E-state index in [9.17, 15) is 10.2 Å². The molecule has 42 heavy (non-hydrogen) atoms. The Labute approximate surface area is 262 Å². The molecule has 2 rings (SSSR count). The Balaban J connectivity index is 2.73. The average Bonchev–Trinajstić information content (AvgIpc) is 2.83. The first kappa shape index (κ1) is 37.1. The predicted octanol–water partition coefficient (Wildman–Crippen LogP) is 11.4. The molecule has 0 heterocycles. The average molecular weight is 583 g/mol. The van der Waals surface area contributed by atoms with E-state index < -0.39 is 23.0 Å². The van der Waals surface area contributed by atoms with Gasteiger partial charge in [-0.3, -0.25) is 0 Å². The molecule has 0 amide bonds. The van der Waals surface area contributed by atoms with Gasteiger partial charge in [0.15, 0.2) is 0 Å². The van der Waals surface area contributed by atoms with E-state index in [0.717, 1.165) is 12.8 Å². The topological polar surface area (TPSA) is 40.5 Å². The summed E-state index contributed by atoms with van der Waals surface area (Å²) in [7, 11) is 0. The van der Waals surface area contributed by atoms with Crippen molar-refractivity contribution in [1.29, 1.82) is 0 Å². The molecule has 242 valence electrons. The molecule has 0 radical (unpaired) electrons. The van der Waals surface area contributed by atoms with Gasteiger partial charge in [-0.15, -0.1) is 0 Å². The van der Waals surface area contributed by atoms with Crippen molar-refractivity contribution in [1.82, 2.24) is 0 Å². The van der Waals surface area contributed by atoms with E-state index in [0.29, 0.717) is 0 Å². The quantitative estimate of drug-likeness (QED) is 0.225. The molecule has 2 aliphatic carbocycles. The third kappa shape index (κ3) is 7.93. The minimum absolute atomic E-state index is 0.0316. The Morgan fingerprint density at radius 3 is 1.21 bits per heavy atom. The second kappa shape index (κ2) is 13.9. The van der Waals surface area contributed by atoms with Gasteiger partial charge in [-0.2, -0.15) is 0 Å². The molecule has 2 aliphatic rings. The Kier molecular flexibility index (Phi) is 12.3. The van der Waals surface area contributed by atoms with Crippen LogP contribution in [0.15, 0.2) is 47.6 Å². The zero-order valence-corrected chi connectivity index (χ0v) is 30.2. The number of unbranched alkanes of at least 4 members (excludes halogenated alkanes) is 8. The fourth-order valence-electron chi connectivity index (χ4n) is 7.93. The number of aliphatic hydroxyl groups is 2. The van der Waals surface area contributed by atoms with Crippen molar-refractivity contribution in [2.24, 2.45) is 38.4 Å². The van der Waals surface area contributed by atoms with Crippen molar-refractivity contribution in [2.75, 3.05) is 0 Å². The van der Waals surface area contributed by atoms with Crippen LogP contribution in [0, 0.1) is 38.4 Å². The lowest BCUT2D eigenvalue weighted by atomic mass is 9.42. The van der Waals surface area contributed by atoms with Crippen LogP contribution in [0.3, 0.4) is 0 Å². The first-order valence-corrected chi connectivity index (χ1v) is 17.4. The lowest BCUT2D eigenvalue weighted by Crippen LogP contribution is -2.62. The molecule has 2 nitrogen and oxygen atoms in total. The summed E-state index contributed by atoms with van der Waals surface area (Å²) in [6.07, 6.45) is 24.7. The highest BCUT2D eigenvalue weighted by Crippen LogP contribution is 2.65. The molecule has 0 spiro atoms. The molecule has 0 aliphatic heterocycles. The molecular weight excluding hydrogens is 512 g/mol. The van der Waals surface area contributed by atoms with Gasteiger partial charge in [-0.05, 0) is 45.1 Å². The van der Waals surface area contributed by atoms with Gasteiger partial charge in [0.2, 0.25) is 0 Å². The Morgan fingerprint density at radius 2 is 0.905 bits per heavy atom. The van der Waals surface area contributed by atoms with Gasteiger partial charge >= 0.3 is 0 Å². The second-order valence-electron chi connectivity index (χ2n) is 17.8. The lowest BCUT2D eigenvalue weighted by molar-refractivity contribution is -0.141. The van der Waals surface area contributed by atoms with E-state index in [4.69, 9.17) is 0 Å². The highest BCUT2D eigenvalue weighted by atomic mass is 16.3. The maximum Gasteiger partial charge on any atom is 0.0822 e. The molecule has 0 bridgehead atoms. The predicted molar refractivity (Wildman–Crippen MR) is 184 cm³/mol. The molecule has 0 fully saturated rings. The van der Waals surface area contributed by atoms with Crippen LogP contribution in [0.2, 0.25) is 0 Å².